The number of hydrogen-bond donors (Lipinski definition) is 0. The van der Waals surface area contributed by atoms with Crippen molar-refractivity contribution in [2.24, 2.45) is 5.92 Å². The van der Waals surface area contributed by atoms with Crippen molar-refractivity contribution >= 4 is 35.2 Å². The first-order valence-corrected chi connectivity index (χ1v) is 9.37. The first-order valence-electron chi connectivity index (χ1n) is 7.84. The maximum atomic E-state index is 12.4. The van der Waals surface area contributed by atoms with Crippen molar-refractivity contribution < 1.29 is 14.3 Å². The van der Waals surface area contributed by atoms with Crippen LogP contribution >= 0.6 is 23.4 Å². The molecule has 1 saturated carbocycles. The van der Waals surface area contributed by atoms with Gasteiger partial charge in [-0.1, -0.05) is 23.7 Å². The number of halogens is 1. The molecule has 0 saturated heterocycles. The molecule has 1 aromatic rings. The van der Waals surface area contributed by atoms with E-state index in [1.807, 2.05) is 24.3 Å². The van der Waals surface area contributed by atoms with Crippen molar-refractivity contribution in [2.75, 3.05) is 25.4 Å². The SMILES string of the molecule is CCOC(=O)CN(CC1CC1)C(=O)CSCc1cccc(Cl)c1. The van der Waals surface area contributed by atoms with Crippen molar-refractivity contribution in [1.29, 1.82) is 0 Å². The maximum Gasteiger partial charge on any atom is 0.325 e. The second-order valence-electron chi connectivity index (χ2n) is 5.65. The summed E-state index contributed by atoms with van der Waals surface area (Å²) < 4.78 is 4.96. The van der Waals surface area contributed by atoms with E-state index in [-0.39, 0.29) is 18.4 Å². The van der Waals surface area contributed by atoms with Crippen molar-refractivity contribution in [3.05, 3.63) is 34.9 Å². The quantitative estimate of drug-likeness (QED) is 0.637. The van der Waals surface area contributed by atoms with Crippen LogP contribution in [0.15, 0.2) is 24.3 Å². The molecule has 0 N–H and O–H groups in total. The average Bonchev–Trinajstić information content (AvgIpc) is 3.31. The zero-order valence-corrected chi connectivity index (χ0v) is 14.9. The number of carbonyl (C=O) groups is 2. The van der Waals surface area contributed by atoms with E-state index in [4.69, 9.17) is 16.3 Å². The number of carbonyl (C=O) groups excluding carboxylic acids is 2. The van der Waals surface area contributed by atoms with E-state index < -0.39 is 0 Å². The molecule has 6 heteroatoms. The molecule has 0 unspecified atom stereocenters. The Bertz CT molecular complexity index is 548. The van der Waals surface area contributed by atoms with E-state index in [9.17, 15) is 9.59 Å². The molecule has 23 heavy (non-hydrogen) atoms. The van der Waals surface area contributed by atoms with Crippen LogP contribution in [0.25, 0.3) is 0 Å². The van der Waals surface area contributed by atoms with Gasteiger partial charge in [0.05, 0.1) is 12.4 Å². The van der Waals surface area contributed by atoms with Crippen LogP contribution in [0.5, 0.6) is 0 Å². The predicted molar refractivity (Wildman–Crippen MR) is 93.6 cm³/mol. The van der Waals surface area contributed by atoms with Crippen LogP contribution in [0.1, 0.15) is 25.3 Å². The van der Waals surface area contributed by atoms with Gasteiger partial charge in [0.15, 0.2) is 0 Å². The number of hydrogen-bond acceptors (Lipinski definition) is 4. The first kappa shape index (κ1) is 18.1. The Morgan fingerprint density at radius 2 is 2.17 bits per heavy atom. The fraction of sp³-hybridized carbons (Fsp3) is 0.529. The smallest absolute Gasteiger partial charge is 0.325 e. The Kier molecular flexibility index (Phi) is 7.24. The lowest BCUT2D eigenvalue weighted by Crippen LogP contribution is -2.39. The lowest BCUT2D eigenvalue weighted by atomic mass is 10.2. The molecule has 0 radical (unpaired) electrons. The summed E-state index contributed by atoms with van der Waals surface area (Å²) in [5.74, 6) is 1.30. The van der Waals surface area contributed by atoms with Crippen LogP contribution in [-0.4, -0.2) is 42.2 Å². The van der Waals surface area contributed by atoms with Crippen LogP contribution in [0, 0.1) is 5.92 Å². The van der Waals surface area contributed by atoms with E-state index >= 15 is 0 Å². The van der Waals surface area contributed by atoms with E-state index in [0.29, 0.717) is 29.8 Å². The number of ether oxygens (including phenoxy) is 1. The Morgan fingerprint density at radius 3 is 2.83 bits per heavy atom. The van der Waals surface area contributed by atoms with Crippen LogP contribution in [-0.2, 0) is 20.1 Å². The lowest BCUT2D eigenvalue weighted by Gasteiger charge is -2.21. The van der Waals surface area contributed by atoms with Crippen molar-refractivity contribution in [3.8, 4) is 0 Å². The van der Waals surface area contributed by atoms with Gasteiger partial charge in [-0.25, -0.2) is 0 Å². The highest BCUT2D eigenvalue weighted by Crippen LogP contribution is 2.30. The normalized spacial score (nSPS) is 13.7. The summed E-state index contributed by atoms with van der Waals surface area (Å²) in [6.45, 7) is 2.83. The highest BCUT2D eigenvalue weighted by molar-refractivity contribution is 7.99. The van der Waals surface area contributed by atoms with Crippen molar-refractivity contribution in [2.45, 2.75) is 25.5 Å². The molecule has 0 bridgehead atoms. The number of rotatable bonds is 9. The molecule has 0 aliphatic heterocycles. The summed E-state index contributed by atoms with van der Waals surface area (Å²) >= 11 is 7.49. The van der Waals surface area contributed by atoms with Gasteiger partial charge in [0.2, 0.25) is 5.91 Å². The second-order valence-corrected chi connectivity index (χ2v) is 7.07. The lowest BCUT2D eigenvalue weighted by molar-refractivity contribution is -0.148. The summed E-state index contributed by atoms with van der Waals surface area (Å²) in [6, 6.07) is 7.63. The molecule has 0 heterocycles. The van der Waals surface area contributed by atoms with Gasteiger partial charge in [-0.3, -0.25) is 9.59 Å². The van der Waals surface area contributed by atoms with Gasteiger partial charge >= 0.3 is 5.97 Å². The molecule has 2 rings (SSSR count). The maximum absolute atomic E-state index is 12.4. The van der Waals surface area contributed by atoms with E-state index in [1.165, 1.54) is 11.8 Å². The van der Waals surface area contributed by atoms with Gasteiger partial charge in [-0.2, -0.15) is 0 Å². The zero-order valence-electron chi connectivity index (χ0n) is 13.3. The summed E-state index contributed by atoms with van der Waals surface area (Å²) in [5, 5.41) is 0.701. The fourth-order valence-electron chi connectivity index (χ4n) is 2.20. The molecule has 0 atom stereocenters. The molecule has 126 valence electrons. The molecule has 1 aliphatic carbocycles. The third-order valence-electron chi connectivity index (χ3n) is 3.54. The third-order valence-corrected chi connectivity index (χ3v) is 4.76. The molecule has 0 aromatic heterocycles. The minimum atomic E-state index is -0.332. The highest BCUT2D eigenvalue weighted by Gasteiger charge is 2.28. The fourth-order valence-corrected chi connectivity index (χ4v) is 3.29. The number of esters is 1. The third kappa shape index (κ3) is 6.83. The van der Waals surface area contributed by atoms with Crippen molar-refractivity contribution in [3.63, 3.8) is 0 Å². The summed E-state index contributed by atoms with van der Waals surface area (Å²) in [4.78, 5) is 25.7. The predicted octanol–water partition coefficient (Wildman–Crippen LogP) is 3.37. The molecular weight excluding hydrogens is 334 g/mol. The Labute approximate surface area is 146 Å². The largest absolute Gasteiger partial charge is 0.465 e. The summed E-state index contributed by atoms with van der Waals surface area (Å²) in [6.07, 6.45) is 2.28. The van der Waals surface area contributed by atoms with Gasteiger partial charge in [-0.15, -0.1) is 11.8 Å². The van der Waals surface area contributed by atoms with Crippen LogP contribution in [0.2, 0.25) is 5.02 Å². The Morgan fingerprint density at radius 1 is 1.39 bits per heavy atom. The van der Waals surface area contributed by atoms with Crippen LogP contribution in [0.4, 0.5) is 0 Å². The van der Waals surface area contributed by atoms with Gasteiger partial charge < -0.3 is 9.64 Å². The van der Waals surface area contributed by atoms with Crippen molar-refractivity contribution in [1.82, 2.24) is 4.90 Å². The van der Waals surface area contributed by atoms with E-state index in [2.05, 4.69) is 0 Å². The molecule has 1 aliphatic rings. The highest BCUT2D eigenvalue weighted by atomic mass is 35.5. The van der Waals surface area contributed by atoms with Gasteiger partial charge in [0.25, 0.3) is 0 Å². The molecule has 1 fully saturated rings. The van der Waals surface area contributed by atoms with Gasteiger partial charge in [0.1, 0.15) is 6.54 Å². The first-order chi connectivity index (χ1) is 11.1. The van der Waals surface area contributed by atoms with Gasteiger partial charge in [0, 0.05) is 17.3 Å². The number of thioether (sulfide) groups is 1. The molecule has 4 nitrogen and oxygen atoms in total. The minimum Gasteiger partial charge on any atom is -0.465 e. The number of benzene rings is 1. The van der Waals surface area contributed by atoms with Crippen LogP contribution < -0.4 is 0 Å². The minimum absolute atomic E-state index is 0.00280. The zero-order chi connectivity index (χ0) is 16.7. The molecule has 0 spiro atoms. The van der Waals surface area contributed by atoms with E-state index in [1.54, 1.807) is 11.8 Å². The Balaban J connectivity index is 1.80. The standard InChI is InChI=1S/C17H22ClNO3S/c1-2-22-17(21)10-19(9-13-6-7-13)16(20)12-23-11-14-4-3-5-15(18)8-14/h3-5,8,13H,2,6-7,9-12H2,1H3. The second kappa shape index (κ2) is 9.18. The monoisotopic (exact) mass is 355 g/mol. The number of amides is 1. The van der Waals surface area contributed by atoms with Crippen LogP contribution in [0.3, 0.4) is 0 Å². The molecule has 1 aromatic carbocycles. The summed E-state index contributed by atoms with van der Waals surface area (Å²) in [7, 11) is 0. The summed E-state index contributed by atoms with van der Waals surface area (Å²) in [5.41, 5.74) is 1.09. The average molecular weight is 356 g/mol. The number of nitrogens with zero attached hydrogens (tertiary/aromatic N) is 1. The van der Waals surface area contributed by atoms with E-state index in [0.717, 1.165) is 24.2 Å². The molecule has 1 amide bonds. The topological polar surface area (TPSA) is 46.6 Å². The van der Waals surface area contributed by atoms with Gasteiger partial charge in [-0.05, 0) is 43.4 Å². The Hall–Kier alpha value is -1.20. The molecular formula is C17H22ClNO3S.